The second-order valence-corrected chi connectivity index (χ2v) is 9.09. The Bertz CT molecular complexity index is 949. The van der Waals surface area contributed by atoms with Crippen LogP contribution < -0.4 is 10.1 Å². The van der Waals surface area contributed by atoms with E-state index in [1.54, 1.807) is 19.1 Å². The van der Waals surface area contributed by atoms with E-state index in [1.165, 1.54) is 16.4 Å². The van der Waals surface area contributed by atoms with Crippen LogP contribution >= 0.6 is 0 Å². The van der Waals surface area contributed by atoms with Crippen molar-refractivity contribution in [2.24, 2.45) is 0 Å². The third-order valence-electron chi connectivity index (χ3n) is 4.84. The summed E-state index contributed by atoms with van der Waals surface area (Å²) in [6.45, 7) is 6.71. The van der Waals surface area contributed by atoms with E-state index in [0.29, 0.717) is 24.5 Å². The van der Waals surface area contributed by atoms with Crippen molar-refractivity contribution in [1.29, 1.82) is 0 Å². The molecule has 1 aliphatic rings. The second kappa shape index (κ2) is 8.32. The number of anilines is 1. The first-order valence-corrected chi connectivity index (χ1v) is 10.9. The molecule has 1 unspecified atom stereocenters. The van der Waals surface area contributed by atoms with Crippen LogP contribution in [0.5, 0.6) is 5.75 Å². The summed E-state index contributed by atoms with van der Waals surface area (Å²) >= 11 is 0. The Morgan fingerprint density at radius 1 is 1.07 bits per heavy atom. The molecule has 2 aromatic rings. The molecule has 1 fully saturated rings. The monoisotopic (exact) mass is 402 g/mol. The smallest absolute Gasteiger partial charge is 0.265 e. The lowest BCUT2D eigenvalue weighted by atomic mass is 10.1. The van der Waals surface area contributed by atoms with Gasteiger partial charge in [0.15, 0.2) is 6.10 Å². The van der Waals surface area contributed by atoms with Gasteiger partial charge in [0.25, 0.3) is 5.91 Å². The van der Waals surface area contributed by atoms with Crippen molar-refractivity contribution in [2.45, 2.75) is 44.6 Å². The summed E-state index contributed by atoms with van der Waals surface area (Å²) in [6, 6.07) is 12.1. The van der Waals surface area contributed by atoms with E-state index in [4.69, 9.17) is 4.74 Å². The first-order valence-electron chi connectivity index (χ1n) is 9.42. The summed E-state index contributed by atoms with van der Waals surface area (Å²) in [7, 11) is -3.45. The maximum Gasteiger partial charge on any atom is 0.265 e. The maximum absolute atomic E-state index is 12.6. The molecular formula is C21H26N2O4S. The number of carbonyl (C=O) groups is 1. The van der Waals surface area contributed by atoms with Crippen LogP contribution in [0.25, 0.3) is 0 Å². The van der Waals surface area contributed by atoms with Gasteiger partial charge in [-0.1, -0.05) is 12.1 Å². The molecule has 2 aromatic carbocycles. The number of benzene rings is 2. The molecule has 0 bridgehead atoms. The zero-order valence-electron chi connectivity index (χ0n) is 16.4. The Balaban J connectivity index is 1.64. The molecule has 1 aliphatic heterocycles. The van der Waals surface area contributed by atoms with Crippen LogP contribution in [0.4, 0.5) is 5.69 Å². The van der Waals surface area contributed by atoms with Crippen molar-refractivity contribution in [3.8, 4) is 5.75 Å². The molecule has 6 nitrogen and oxygen atoms in total. The molecule has 1 heterocycles. The summed E-state index contributed by atoms with van der Waals surface area (Å²) in [4.78, 5) is 12.7. The van der Waals surface area contributed by atoms with Gasteiger partial charge < -0.3 is 10.1 Å². The maximum atomic E-state index is 12.6. The van der Waals surface area contributed by atoms with Gasteiger partial charge in [0.05, 0.1) is 4.90 Å². The topological polar surface area (TPSA) is 75.7 Å². The number of amides is 1. The van der Waals surface area contributed by atoms with Crippen molar-refractivity contribution in [3.05, 3.63) is 53.6 Å². The predicted molar refractivity (Wildman–Crippen MR) is 109 cm³/mol. The highest BCUT2D eigenvalue weighted by atomic mass is 32.2. The lowest BCUT2D eigenvalue weighted by Crippen LogP contribution is -2.30. The standard InChI is InChI=1S/C21H26N2O4S/c1-15-6-7-16(2)20(14-15)27-17(3)21(24)22-18-8-10-19(11-9-18)28(25,26)23-12-4-5-13-23/h6-11,14,17H,4-5,12-13H2,1-3H3,(H,22,24). The number of aryl methyl sites for hydroxylation is 2. The molecular weight excluding hydrogens is 376 g/mol. The molecule has 7 heteroatoms. The second-order valence-electron chi connectivity index (χ2n) is 7.15. The Kier molecular flexibility index (Phi) is 6.05. The molecule has 0 aliphatic carbocycles. The lowest BCUT2D eigenvalue weighted by Gasteiger charge is -2.17. The minimum atomic E-state index is -3.45. The van der Waals surface area contributed by atoms with Crippen molar-refractivity contribution >= 4 is 21.6 Å². The van der Waals surface area contributed by atoms with Gasteiger partial charge in [-0.25, -0.2) is 8.42 Å². The molecule has 28 heavy (non-hydrogen) atoms. The fraction of sp³-hybridized carbons (Fsp3) is 0.381. The third kappa shape index (κ3) is 4.54. The SMILES string of the molecule is Cc1ccc(C)c(OC(C)C(=O)Nc2ccc(S(=O)(=O)N3CCCC3)cc2)c1. The van der Waals surface area contributed by atoms with Crippen molar-refractivity contribution < 1.29 is 17.9 Å². The Morgan fingerprint density at radius 3 is 2.36 bits per heavy atom. The number of nitrogens with one attached hydrogen (secondary N) is 1. The zero-order valence-corrected chi connectivity index (χ0v) is 17.3. The van der Waals surface area contributed by atoms with Gasteiger partial charge in [-0.2, -0.15) is 4.31 Å². The molecule has 0 spiro atoms. The first-order chi connectivity index (χ1) is 13.3. The van der Waals surface area contributed by atoms with Crippen LogP contribution in [0.2, 0.25) is 0 Å². The van der Waals surface area contributed by atoms with E-state index < -0.39 is 16.1 Å². The van der Waals surface area contributed by atoms with Gasteiger partial charge in [-0.05, 0) is 75.1 Å². The number of ether oxygens (including phenoxy) is 1. The van der Waals surface area contributed by atoms with E-state index >= 15 is 0 Å². The number of rotatable bonds is 6. The largest absolute Gasteiger partial charge is 0.481 e. The fourth-order valence-electron chi connectivity index (χ4n) is 3.11. The highest BCUT2D eigenvalue weighted by molar-refractivity contribution is 7.89. The van der Waals surface area contributed by atoms with Crippen molar-refractivity contribution in [3.63, 3.8) is 0 Å². The van der Waals surface area contributed by atoms with E-state index in [9.17, 15) is 13.2 Å². The average Bonchev–Trinajstić information content (AvgIpc) is 3.21. The Labute approximate surface area is 166 Å². The summed E-state index contributed by atoms with van der Waals surface area (Å²) in [5.74, 6) is 0.380. The third-order valence-corrected chi connectivity index (χ3v) is 6.75. The zero-order chi connectivity index (χ0) is 20.3. The molecule has 0 aromatic heterocycles. The summed E-state index contributed by atoms with van der Waals surface area (Å²) in [6.07, 6.45) is 1.10. The summed E-state index contributed by atoms with van der Waals surface area (Å²) < 4.78 is 32.4. The first kappa shape index (κ1) is 20.4. The minimum absolute atomic E-state index is 0.243. The van der Waals surface area contributed by atoms with Crippen molar-refractivity contribution in [1.82, 2.24) is 4.31 Å². The van der Waals surface area contributed by atoms with Crippen LogP contribution in [0.15, 0.2) is 47.4 Å². The van der Waals surface area contributed by atoms with Crippen LogP contribution in [0.3, 0.4) is 0 Å². The number of nitrogens with zero attached hydrogens (tertiary/aromatic N) is 1. The van der Waals surface area contributed by atoms with Crippen LogP contribution in [-0.4, -0.2) is 37.8 Å². The van der Waals surface area contributed by atoms with Gasteiger partial charge in [0, 0.05) is 18.8 Å². The van der Waals surface area contributed by atoms with Gasteiger partial charge in [-0.3, -0.25) is 4.79 Å². The lowest BCUT2D eigenvalue weighted by molar-refractivity contribution is -0.122. The van der Waals surface area contributed by atoms with Crippen LogP contribution in [-0.2, 0) is 14.8 Å². The molecule has 150 valence electrons. The van der Waals surface area contributed by atoms with Crippen LogP contribution in [0, 0.1) is 13.8 Å². The highest BCUT2D eigenvalue weighted by Crippen LogP contribution is 2.23. The average molecular weight is 403 g/mol. The molecule has 1 saturated heterocycles. The van der Waals surface area contributed by atoms with Gasteiger partial charge in [0.1, 0.15) is 5.75 Å². The van der Waals surface area contributed by atoms with E-state index in [1.807, 2.05) is 32.0 Å². The van der Waals surface area contributed by atoms with Gasteiger partial charge in [-0.15, -0.1) is 0 Å². The molecule has 3 rings (SSSR count). The summed E-state index contributed by atoms with van der Waals surface area (Å²) in [5, 5.41) is 2.77. The van der Waals surface area contributed by atoms with E-state index in [0.717, 1.165) is 24.0 Å². The molecule has 1 N–H and O–H groups in total. The molecule has 1 atom stereocenters. The minimum Gasteiger partial charge on any atom is -0.481 e. The van der Waals surface area contributed by atoms with Gasteiger partial charge in [0.2, 0.25) is 10.0 Å². The number of hydrogen-bond acceptors (Lipinski definition) is 4. The summed E-state index contributed by atoms with van der Waals surface area (Å²) in [5.41, 5.74) is 2.55. The molecule has 0 saturated carbocycles. The van der Waals surface area contributed by atoms with Crippen LogP contribution in [0.1, 0.15) is 30.9 Å². The van der Waals surface area contributed by atoms with E-state index in [2.05, 4.69) is 5.32 Å². The highest BCUT2D eigenvalue weighted by Gasteiger charge is 2.27. The predicted octanol–water partition coefficient (Wildman–Crippen LogP) is 3.49. The number of sulfonamides is 1. The molecule has 0 radical (unpaired) electrons. The Morgan fingerprint density at radius 2 is 1.71 bits per heavy atom. The van der Waals surface area contributed by atoms with E-state index in [-0.39, 0.29) is 10.8 Å². The van der Waals surface area contributed by atoms with Crippen molar-refractivity contribution in [2.75, 3.05) is 18.4 Å². The number of carbonyl (C=O) groups excluding carboxylic acids is 1. The fourth-order valence-corrected chi connectivity index (χ4v) is 4.63. The normalized spacial score (nSPS) is 16.0. The Hall–Kier alpha value is -2.38. The quantitative estimate of drug-likeness (QED) is 0.802. The molecule has 1 amide bonds. The van der Waals surface area contributed by atoms with Gasteiger partial charge >= 0.3 is 0 Å². The number of hydrogen-bond donors (Lipinski definition) is 1.